The molecule has 3 N–H and O–H groups in total. The van der Waals surface area contributed by atoms with E-state index in [4.69, 9.17) is 17.3 Å². The number of nitrogens with two attached hydrogens (primary N) is 1. The Morgan fingerprint density at radius 3 is 1.81 bits per heavy atom. The Labute approximate surface area is 211 Å². The summed E-state index contributed by atoms with van der Waals surface area (Å²) in [7, 11) is -3.54. The van der Waals surface area contributed by atoms with Gasteiger partial charge in [-0.1, -0.05) is 105 Å². The predicted molar refractivity (Wildman–Crippen MR) is 130 cm³/mol. The molecule has 3 rings (SSSR count). The number of sulfonamides is 1. The van der Waals surface area contributed by atoms with Crippen LogP contribution >= 0.6 is 11.6 Å². The molecule has 0 spiro atoms. The van der Waals surface area contributed by atoms with Crippen LogP contribution < -0.4 is 10.5 Å². The monoisotopic (exact) mass is 562 g/mol. The zero-order chi connectivity index (χ0) is 23.4. The molecule has 0 fully saturated rings. The summed E-state index contributed by atoms with van der Waals surface area (Å²) in [5, 5.41) is 0. The van der Waals surface area contributed by atoms with Crippen LogP contribution in [-0.4, -0.2) is 14.7 Å². The zero-order valence-corrected chi connectivity index (χ0v) is 22.6. The van der Waals surface area contributed by atoms with Crippen molar-refractivity contribution in [2.45, 2.75) is 45.7 Å². The Balaban J connectivity index is 0.000000393. The number of hydrogen-bond acceptors (Lipinski definition) is 3. The molecule has 7 heteroatoms. The van der Waals surface area contributed by atoms with Gasteiger partial charge in [-0.25, -0.2) is 14.0 Å². The third-order valence-electron chi connectivity index (χ3n) is 5.68. The van der Waals surface area contributed by atoms with Gasteiger partial charge in [-0.15, -0.1) is 6.92 Å². The molecule has 0 saturated carbocycles. The molecule has 32 heavy (non-hydrogen) atoms. The first-order chi connectivity index (χ1) is 14.3. The van der Waals surface area contributed by atoms with Crippen LogP contribution in [0.1, 0.15) is 51.8 Å². The number of halogens is 1. The van der Waals surface area contributed by atoms with Gasteiger partial charge in [0.25, 0.3) is 0 Å². The minimum Gasteiger partial charge on any atom is -0.321 e. The van der Waals surface area contributed by atoms with Gasteiger partial charge in [0.1, 0.15) is 0 Å². The summed E-state index contributed by atoms with van der Waals surface area (Å²) in [6, 6.07) is 17.3. The summed E-state index contributed by atoms with van der Waals surface area (Å²) in [6.45, 7) is 10.9. The van der Waals surface area contributed by atoms with Crippen molar-refractivity contribution in [1.29, 1.82) is 0 Å². The molecule has 0 saturated heterocycles. The normalized spacial score (nSPS) is 17.9. The maximum Gasteiger partial charge on any atom is 0.210 e. The Kier molecular flexibility index (Phi) is 10.1. The molecule has 0 heterocycles. The molecule has 1 radical (unpaired) electrons. The van der Waals surface area contributed by atoms with Gasteiger partial charge < -0.3 is 5.73 Å². The van der Waals surface area contributed by atoms with E-state index < -0.39 is 21.1 Å². The van der Waals surface area contributed by atoms with Gasteiger partial charge in [0.15, 0.2) is 5.00 Å². The smallest absolute Gasteiger partial charge is 0.210 e. The molecule has 2 aromatic rings. The third kappa shape index (κ3) is 7.10. The fourth-order valence-electron chi connectivity index (χ4n) is 3.55. The second kappa shape index (κ2) is 11.2. The molecule has 1 aliphatic rings. The van der Waals surface area contributed by atoms with E-state index in [1.54, 1.807) is 24.3 Å². The second-order valence-electron chi connectivity index (χ2n) is 8.47. The summed E-state index contributed by atoms with van der Waals surface area (Å²) in [6.07, 6.45) is 4.50. The molecular weight excluding hydrogens is 531 g/mol. The van der Waals surface area contributed by atoms with Crippen LogP contribution in [0.3, 0.4) is 0 Å². The predicted octanol–water partition coefficient (Wildman–Crippen LogP) is 5.44. The number of allylic oxidation sites excluding steroid dienone is 4. The van der Waals surface area contributed by atoms with Crippen LogP contribution in [0.2, 0.25) is 0 Å². The fraction of sp³-hybridized carbons (Fsp3) is 0.360. The van der Waals surface area contributed by atoms with Crippen molar-refractivity contribution in [2.75, 3.05) is 6.26 Å². The van der Waals surface area contributed by atoms with Crippen molar-refractivity contribution in [3.63, 3.8) is 0 Å². The molecule has 2 aromatic carbocycles. The van der Waals surface area contributed by atoms with Gasteiger partial charge in [0.05, 0.1) is 12.3 Å². The molecule has 4 nitrogen and oxygen atoms in total. The maximum absolute atomic E-state index is 11.7. The van der Waals surface area contributed by atoms with Gasteiger partial charge in [-0.05, 0) is 11.1 Å². The van der Waals surface area contributed by atoms with E-state index in [2.05, 4.69) is 45.4 Å². The average Bonchev–Trinajstić information content (AvgIpc) is 2.89. The van der Waals surface area contributed by atoms with Crippen LogP contribution in [-0.2, 0) is 34.5 Å². The fourth-order valence-corrected chi connectivity index (χ4v) is 5.01. The summed E-state index contributed by atoms with van der Waals surface area (Å²) in [5.74, 6) is 0. The van der Waals surface area contributed by atoms with E-state index in [0.717, 1.165) is 11.8 Å². The summed E-state index contributed by atoms with van der Waals surface area (Å²) < 4.78 is 25.9. The van der Waals surface area contributed by atoms with Crippen LogP contribution in [0.5, 0.6) is 0 Å². The summed E-state index contributed by atoms with van der Waals surface area (Å²) in [4.78, 5) is -1.45. The van der Waals surface area contributed by atoms with E-state index in [1.165, 1.54) is 16.7 Å². The topological polar surface area (TPSA) is 72.2 Å². The van der Waals surface area contributed by atoms with Gasteiger partial charge >= 0.3 is 0 Å². The minimum atomic E-state index is -3.54. The number of nitrogens with one attached hydrogen (secondary N) is 1. The molecule has 0 unspecified atom stereocenters. The second-order valence-corrected chi connectivity index (χ2v) is 10.8. The Bertz CT molecular complexity index is 1070. The summed E-state index contributed by atoms with van der Waals surface area (Å²) in [5.41, 5.74) is 12.0. The first-order valence-corrected chi connectivity index (χ1v) is 12.4. The van der Waals surface area contributed by atoms with Crippen molar-refractivity contribution in [3.8, 4) is 0 Å². The SMILES string of the molecule is CC1=[C-]C(C)(C)C(C)=C1C.CS(=O)(=O)N[C@](Cl)(c1ccccc1)[C@H](N)c1ccccc1.[Rh]. The molecule has 0 aliphatic heterocycles. The average molecular weight is 563 g/mol. The molecule has 0 aromatic heterocycles. The van der Waals surface area contributed by atoms with Gasteiger partial charge in [0.2, 0.25) is 10.0 Å². The first kappa shape index (κ1) is 28.7. The Hall–Kier alpha value is -1.30. The molecular formula is C25H32ClN2O2RhS-. The van der Waals surface area contributed by atoms with E-state index in [0.29, 0.717) is 5.56 Å². The largest absolute Gasteiger partial charge is 0.321 e. The van der Waals surface area contributed by atoms with Crippen LogP contribution in [0.4, 0.5) is 0 Å². The standard InChI is InChI=1S/C15H17ClN2O2S.C10H15.Rh/c1-21(19,20)18-15(16,13-10-6-3-7-11-13)14(17)12-8-4-2-5-9-12;1-7-6-10(4,5)9(3)8(7)2;/h2-11,14,18H,17H2,1H3;1-5H3;/q;-1;/t14-,15-;;/m1../s1. The Morgan fingerprint density at radius 1 is 1.00 bits per heavy atom. The van der Waals surface area contributed by atoms with E-state index >= 15 is 0 Å². The van der Waals surface area contributed by atoms with E-state index in [-0.39, 0.29) is 24.9 Å². The van der Waals surface area contributed by atoms with Gasteiger partial charge in [0, 0.05) is 19.5 Å². The van der Waals surface area contributed by atoms with Crippen molar-refractivity contribution in [2.24, 2.45) is 11.1 Å². The van der Waals surface area contributed by atoms with E-state index in [9.17, 15) is 8.42 Å². The van der Waals surface area contributed by atoms with Crippen molar-refractivity contribution in [3.05, 3.63) is 94.6 Å². The molecule has 2 atom stereocenters. The van der Waals surface area contributed by atoms with Crippen molar-refractivity contribution in [1.82, 2.24) is 4.72 Å². The van der Waals surface area contributed by atoms with Gasteiger partial charge in [-0.2, -0.15) is 15.9 Å². The quantitative estimate of drug-likeness (QED) is 0.221. The molecule has 0 bridgehead atoms. The Morgan fingerprint density at radius 2 is 1.47 bits per heavy atom. The third-order valence-corrected chi connectivity index (χ3v) is 7.03. The number of hydrogen-bond donors (Lipinski definition) is 2. The molecule has 1 aliphatic carbocycles. The number of benzene rings is 2. The number of alkyl halides is 1. The minimum absolute atomic E-state index is 0. The van der Waals surface area contributed by atoms with Crippen LogP contribution in [0.25, 0.3) is 0 Å². The zero-order valence-electron chi connectivity index (χ0n) is 19.4. The molecule has 177 valence electrons. The van der Waals surface area contributed by atoms with Gasteiger partial charge in [-0.3, -0.25) is 6.08 Å². The summed E-state index contributed by atoms with van der Waals surface area (Å²) >= 11 is 6.62. The maximum atomic E-state index is 11.7. The van der Waals surface area contributed by atoms with Crippen molar-refractivity contribution >= 4 is 21.6 Å². The number of rotatable bonds is 5. The van der Waals surface area contributed by atoms with Crippen LogP contribution in [0.15, 0.2) is 77.4 Å². The van der Waals surface area contributed by atoms with Crippen LogP contribution in [0, 0.1) is 11.5 Å². The first-order valence-electron chi connectivity index (χ1n) is 10.1. The molecule has 0 amide bonds. The van der Waals surface area contributed by atoms with E-state index in [1.807, 2.05) is 36.4 Å². The van der Waals surface area contributed by atoms with Crippen molar-refractivity contribution < 1.29 is 27.9 Å².